The van der Waals surface area contributed by atoms with Gasteiger partial charge in [0.2, 0.25) is 0 Å². The van der Waals surface area contributed by atoms with E-state index in [1.165, 1.54) is 0 Å². The summed E-state index contributed by atoms with van der Waals surface area (Å²) in [5, 5.41) is 16.6. The van der Waals surface area contributed by atoms with Gasteiger partial charge in [-0.3, -0.25) is 4.79 Å². The minimum atomic E-state index is -1.66. The average Bonchev–Trinajstić information content (AvgIpc) is 3.22. The molecule has 1 amide bonds. The standard InChI is InChI=1S/C17H17ClFN3O4/c1-9-2-12(26-22-9)8-25-16-5-14-10(4-13(16)18)3-11(21-14)7-20-17(24)15(23)6-19/h2-5,15,21,23H,6-8H2,1H3,(H,20,24)/t15-/m1/s1. The first-order valence-corrected chi connectivity index (χ1v) is 8.22. The molecule has 0 aliphatic heterocycles. The summed E-state index contributed by atoms with van der Waals surface area (Å²) in [5.74, 6) is 0.286. The van der Waals surface area contributed by atoms with E-state index in [1.807, 2.05) is 6.92 Å². The number of alkyl halides is 1. The van der Waals surface area contributed by atoms with Crippen molar-refractivity contribution >= 4 is 28.4 Å². The molecule has 0 radical (unpaired) electrons. The van der Waals surface area contributed by atoms with Crippen LogP contribution in [0.25, 0.3) is 10.9 Å². The number of nitrogens with zero attached hydrogens (tertiary/aromatic N) is 1. The number of fused-ring (bicyclic) bond motifs is 1. The Labute approximate surface area is 153 Å². The van der Waals surface area contributed by atoms with Crippen LogP contribution in [0.1, 0.15) is 17.1 Å². The molecule has 138 valence electrons. The highest BCUT2D eigenvalue weighted by atomic mass is 35.5. The van der Waals surface area contributed by atoms with E-state index in [9.17, 15) is 9.18 Å². The summed E-state index contributed by atoms with van der Waals surface area (Å²) in [6, 6.07) is 7.04. The predicted molar refractivity (Wildman–Crippen MR) is 92.7 cm³/mol. The van der Waals surface area contributed by atoms with Crippen LogP contribution in [-0.4, -0.2) is 33.9 Å². The highest BCUT2D eigenvalue weighted by Gasteiger charge is 2.14. The zero-order valence-electron chi connectivity index (χ0n) is 13.9. The molecule has 0 aliphatic rings. The van der Waals surface area contributed by atoms with Gasteiger partial charge in [0.05, 0.1) is 17.3 Å². The summed E-state index contributed by atoms with van der Waals surface area (Å²) < 4.78 is 23.0. The number of rotatable bonds is 7. The second-order valence-corrected chi connectivity index (χ2v) is 6.18. The maximum atomic E-state index is 12.3. The van der Waals surface area contributed by atoms with E-state index in [-0.39, 0.29) is 13.2 Å². The summed E-state index contributed by atoms with van der Waals surface area (Å²) in [4.78, 5) is 14.5. The zero-order chi connectivity index (χ0) is 18.7. The molecule has 7 nitrogen and oxygen atoms in total. The minimum Gasteiger partial charge on any atom is -0.484 e. The van der Waals surface area contributed by atoms with Gasteiger partial charge in [0.15, 0.2) is 11.9 Å². The van der Waals surface area contributed by atoms with E-state index >= 15 is 0 Å². The van der Waals surface area contributed by atoms with Crippen molar-refractivity contribution in [2.45, 2.75) is 26.2 Å². The van der Waals surface area contributed by atoms with Crippen molar-refractivity contribution in [3.05, 3.63) is 46.4 Å². The largest absolute Gasteiger partial charge is 0.484 e. The zero-order valence-corrected chi connectivity index (χ0v) is 14.6. The molecule has 3 N–H and O–H groups in total. The van der Waals surface area contributed by atoms with Crippen LogP contribution in [0.15, 0.2) is 28.8 Å². The summed E-state index contributed by atoms with van der Waals surface area (Å²) in [7, 11) is 0. The Morgan fingerprint density at radius 1 is 1.46 bits per heavy atom. The quantitative estimate of drug-likeness (QED) is 0.584. The summed E-state index contributed by atoms with van der Waals surface area (Å²) in [6.07, 6.45) is -1.66. The Balaban J connectivity index is 1.70. The molecule has 9 heteroatoms. The van der Waals surface area contributed by atoms with Gasteiger partial charge in [0.1, 0.15) is 19.0 Å². The Bertz CT molecular complexity index is 924. The number of aryl methyl sites for hydroxylation is 1. The maximum Gasteiger partial charge on any atom is 0.251 e. The summed E-state index contributed by atoms with van der Waals surface area (Å²) >= 11 is 6.24. The number of aliphatic hydroxyl groups is 1. The van der Waals surface area contributed by atoms with Crippen LogP contribution in [0.3, 0.4) is 0 Å². The third kappa shape index (κ3) is 4.14. The number of aromatic nitrogens is 2. The third-order valence-corrected chi connectivity index (χ3v) is 3.97. The minimum absolute atomic E-state index is 0.121. The molecule has 3 aromatic rings. The van der Waals surface area contributed by atoms with Crippen LogP contribution in [0.5, 0.6) is 5.75 Å². The number of nitrogens with one attached hydrogen (secondary N) is 2. The van der Waals surface area contributed by atoms with E-state index in [4.69, 9.17) is 26.0 Å². The normalized spacial score (nSPS) is 12.3. The molecule has 0 saturated heterocycles. The molecule has 3 rings (SSSR count). The van der Waals surface area contributed by atoms with E-state index in [0.29, 0.717) is 22.2 Å². The number of carbonyl (C=O) groups is 1. The first-order valence-electron chi connectivity index (χ1n) is 7.84. The second kappa shape index (κ2) is 7.76. The van der Waals surface area contributed by atoms with E-state index < -0.39 is 18.7 Å². The molecule has 26 heavy (non-hydrogen) atoms. The lowest BCUT2D eigenvalue weighted by Crippen LogP contribution is -2.35. The lowest BCUT2D eigenvalue weighted by molar-refractivity contribution is -0.130. The summed E-state index contributed by atoms with van der Waals surface area (Å²) in [5.41, 5.74) is 2.20. The molecule has 1 aromatic carbocycles. The highest BCUT2D eigenvalue weighted by Crippen LogP contribution is 2.31. The smallest absolute Gasteiger partial charge is 0.251 e. The number of halogens is 2. The number of H-pyrrole nitrogens is 1. The third-order valence-electron chi connectivity index (χ3n) is 3.68. The van der Waals surface area contributed by atoms with Crippen molar-refractivity contribution in [2.75, 3.05) is 6.67 Å². The van der Waals surface area contributed by atoms with Gasteiger partial charge in [-0.2, -0.15) is 0 Å². The van der Waals surface area contributed by atoms with Crippen LogP contribution >= 0.6 is 11.6 Å². The molecule has 0 saturated carbocycles. The number of aromatic amines is 1. The molecular weight excluding hydrogens is 365 g/mol. The fourth-order valence-electron chi connectivity index (χ4n) is 2.40. The van der Waals surface area contributed by atoms with Crippen LogP contribution in [0.4, 0.5) is 4.39 Å². The van der Waals surface area contributed by atoms with Gasteiger partial charge >= 0.3 is 0 Å². The molecule has 0 bridgehead atoms. The molecule has 2 heterocycles. The van der Waals surface area contributed by atoms with Crippen LogP contribution in [-0.2, 0) is 17.9 Å². The Morgan fingerprint density at radius 3 is 2.96 bits per heavy atom. The van der Waals surface area contributed by atoms with E-state index in [1.54, 1.807) is 24.3 Å². The van der Waals surface area contributed by atoms with Gasteiger partial charge in [0.25, 0.3) is 5.91 Å². The Hall–Kier alpha value is -2.58. The van der Waals surface area contributed by atoms with Crippen molar-refractivity contribution in [1.82, 2.24) is 15.5 Å². The first kappa shape index (κ1) is 18.2. The lowest BCUT2D eigenvalue weighted by Gasteiger charge is -2.06. The van der Waals surface area contributed by atoms with Crippen LogP contribution < -0.4 is 10.1 Å². The van der Waals surface area contributed by atoms with Gasteiger partial charge in [-0.05, 0) is 19.1 Å². The number of carbonyl (C=O) groups excluding carboxylic acids is 1. The lowest BCUT2D eigenvalue weighted by atomic mass is 10.2. The first-order chi connectivity index (χ1) is 12.5. The van der Waals surface area contributed by atoms with E-state index in [0.717, 1.165) is 16.6 Å². The molecule has 0 aliphatic carbocycles. The van der Waals surface area contributed by atoms with E-state index in [2.05, 4.69) is 15.5 Å². The molecule has 2 aromatic heterocycles. The van der Waals surface area contributed by atoms with Gasteiger partial charge in [-0.25, -0.2) is 4.39 Å². The van der Waals surface area contributed by atoms with Gasteiger partial charge in [0, 0.05) is 28.7 Å². The van der Waals surface area contributed by atoms with Gasteiger partial charge < -0.3 is 24.7 Å². The number of aliphatic hydroxyl groups excluding tert-OH is 1. The number of hydrogen-bond acceptors (Lipinski definition) is 5. The van der Waals surface area contributed by atoms with Crippen molar-refractivity contribution in [3.63, 3.8) is 0 Å². The molecule has 0 unspecified atom stereocenters. The fourth-order valence-corrected chi connectivity index (χ4v) is 2.63. The van der Waals surface area contributed by atoms with Crippen molar-refractivity contribution in [2.24, 2.45) is 0 Å². The second-order valence-electron chi connectivity index (χ2n) is 5.78. The average molecular weight is 382 g/mol. The van der Waals surface area contributed by atoms with Crippen molar-refractivity contribution in [3.8, 4) is 5.75 Å². The Morgan fingerprint density at radius 2 is 2.27 bits per heavy atom. The predicted octanol–water partition coefficient (Wildman–Crippen LogP) is 2.64. The fraction of sp³-hybridized carbons (Fsp3) is 0.294. The Kier molecular flexibility index (Phi) is 5.43. The van der Waals surface area contributed by atoms with Crippen LogP contribution in [0.2, 0.25) is 5.02 Å². The monoisotopic (exact) mass is 381 g/mol. The molecular formula is C17H17ClFN3O4. The van der Waals surface area contributed by atoms with Crippen molar-refractivity contribution < 1.29 is 23.6 Å². The van der Waals surface area contributed by atoms with Gasteiger partial charge in [-0.15, -0.1) is 0 Å². The number of amides is 1. The van der Waals surface area contributed by atoms with Crippen molar-refractivity contribution in [1.29, 1.82) is 0 Å². The maximum absolute atomic E-state index is 12.3. The topological polar surface area (TPSA) is 100 Å². The highest BCUT2D eigenvalue weighted by molar-refractivity contribution is 6.32. The summed E-state index contributed by atoms with van der Waals surface area (Å²) in [6.45, 7) is 1.00. The number of benzene rings is 1. The number of hydrogen-bond donors (Lipinski definition) is 3. The SMILES string of the molecule is Cc1cc(COc2cc3[nH]c(CNC(=O)[C@H](O)CF)cc3cc2Cl)on1. The molecule has 0 spiro atoms. The van der Waals surface area contributed by atoms with Crippen LogP contribution in [0, 0.1) is 6.92 Å². The molecule has 0 fully saturated rings. The number of ether oxygens (including phenoxy) is 1. The van der Waals surface area contributed by atoms with Gasteiger partial charge in [-0.1, -0.05) is 16.8 Å². The molecule has 1 atom stereocenters.